The van der Waals surface area contributed by atoms with E-state index >= 15 is 0 Å². The van der Waals surface area contributed by atoms with Crippen LogP contribution >= 0.6 is 11.8 Å². The average Bonchev–Trinajstić information content (AvgIpc) is 3.16. The molecule has 0 spiro atoms. The summed E-state index contributed by atoms with van der Waals surface area (Å²) < 4.78 is 7.59. The van der Waals surface area contributed by atoms with Gasteiger partial charge in [-0.3, -0.25) is 9.36 Å². The molecule has 1 aromatic carbocycles. The highest BCUT2D eigenvalue weighted by atomic mass is 32.2. The van der Waals surface area contributed by atoms with E-state index in [0.717, 1.165) is 81.4 Å². The smallest absolute Gasteiger partial charge is 0.233 e. The van der Waals surface area contributed by atoms with Crippen molar-refractivity contribution in [3.8, 4) is 5.69 Å². The quantitative estimate of drug-likeness (QED) is 0.713. The van der Waals surface area contributed by atoms with Gasteiger partial charge in [-0.15, -0.1) is 10.2 Å². The van der Waals surface area contributed by atoms with Crippen LogP contribution in [0.2, 0.25) is 0 Å². The van der Waals surface area contributed by atoms with E-state index in [4.69, 9.17) is 4.74 Å². The van der Waals surface area contributed by atoms with E-state index in [1.807, 2.05) is 23.1 Å². The molecule has 0 aliphatic carbocycles. The lowest BCUT2D eigenvalue weighted by atomic mass is 9.99. The number of quaternary nitrogens is 1. The van der Waals surface area contributed by atoms with Crippen molar-refractivity contribution in [2.75, 3.05) is 45.1 Å². The molecule has 1 amide bonds. The van der Waals surface area contributed by atoms with Crippen molar-refractivity contribution in [3.05, 3.63) is 36.2 Å². The Kier molecular flexibility index (Phi) is 6.84. The summed E-state index contributed by atoms with van der Waals surface area (Å²) >= 11 is 1.49. The fourth-order valence-corrected chi connectivity index (χ4v) is 4.75. The number of amides is 1. The Hall–Kier alpha value is -1.90. The van der Waals surface area contributed by atoms with Gasteiger partial charge < -0.3 is 14.5 Å². The Morgan fingerprint density at radius 1 is 1.17 bits per heavy atom. The van der Waals surface area contributed by atoms with Crippen LogP contribution in [0.3, 0.4) is 0 Å². The first kappa shape index (κ1) is 20.4. The van der Waals surface area contributed by atoms with Crippen molar-refractivity contribution < 1.29 is 14.4 Å². The minimum absolute atomic E-state index is 0.199. The predicted molar refractivity (Wildman–Crippen MR) is 112 cm³/mol. The average molecular weight is 417 g/mol. The molecule has 2 fully saturated rings. The van der Waals surface area contributed by atoms with Crippen LogP contribution in [0.5, 0.6) is 0 Å². The number of ether oxygens (including phenoxy) is 1. The molecule has 0 atom stereocenters. The van der Waals surface area contributed by atoms with Crippen LogP contribution in [0.1, 0.15) is 25.6 Å². The third-order valence-corrected chi connectivity index (χ3v) is 6.70. The highest BCUT2D eigenvalue weighted by Gasteiger charge is 2.24. The van der Waals surface area contributed by atoms with Crippen molar-refractivity contribution in [1.82, 2.24) is 19.7 Å². The maximum Gasteiger partial charge on any atom is 0.233 e. The molecule has 0 bridgehead atoms. The fourth-order valence-electron chi connectivity index (χ4n) is 3.88. The van der Waals surface area contributed by atoms with Gasteiger partial charge in [-0.25, -0.2) is 0 Å². The van der Waals surface area contributed by atoms with Gasteiger partial charge in [0, 0.05) is 18.8 Å². The van der Waals surface area contributed by atoms with Crippen LogP contribution in [0.25, 0.3) is 5.69 Å². The molecule has 156 valence electrons. The third-order valence-electron chi connectivity index (χ3n) is 5.78. The third kappa shape index (κ3) is 5.18. The number of piperidine rings is 1. The highest BCUT2D eigenvalue weighted by Crippen LogP contribution is 2.23. The molecule has 2 aromatic rings. The molecular formula is C21H30N5O2S+. The Morgan fingerprint density at radius 2 is 1.90 bits per heavy atom. The van der Waals surface area contributed by atoms with Gasteiger partial charge in [0.15, 0.2) is 11.0 Å². The molecular weight excluding hydrogens is 386 g/mol. The normalized spacial score (nSPS) is 18.9. The number of hydrogen-bond donors (Lipinski definition) is 1. The van der Waals surface area contributed by atoms with E-state index in [1.165, 1.54) is 16.7 Å². The van der Waals surface area contributed by atoms with E-state index in [2.05, 4.69) is 33.8 Å². The summed E-state index contributed by atoms with van der Waals surface area (Å²) in [5.74, 6) is 2.27. The number of likely N-dealkylation sites (tertiary alicyclic amines) is 1. The van der Waals surface area contributed by atoms with E-state index in [1.54, 1.807) is 0 Å². The molecule has 0 radical (unpaired) electrons. The molecule has 3 heterocycles. The van der Waals surface area contributed by atoms with Crippen molar-refractivity contribution in [2.24, 2.45) is 5.92 Å². The second kappa shape index (κ2) is 9.73. The molecule has 8 heteroatoms. The molecule has 0 saturated carbocycles. The lowest BCUT2D eigenvalue weighted by Crippen LogP contribution is -3.12. The van der Waals surface area contributed by atoms with Gasteiger partial charge in [0.25, 0.3) is 0 Å². The van der Waals surface area contributed by atoms with E-state index < -0.39 is 0 Å². The topological polar surface area (TPSA) is 64.7 Å². The number of aromatic nitrogens is 3. The number of thioether (sulfide) groups is 1. The minimum atomic E-state index is 0.199. The number of carbonyl (C=O) groups is 1. The zero-order valence-corrected chi connectivity index (χ0v) is 17.9. The van der Waals surface area contributed by atoms with Gasteiger partial charge in [0.1, 0.15) is 19.6 Å². The minimum Gasteiger partial charge on any atom is -0.370 e. The van der Waals surface area contributed by atoms with E-state index in [9.17, 15) is 4.79 Å². The summed E-state index contributed by atoms with van der Waals surface area (Å²) in [6, 6.07) is 10.2. The van der Waals surface area contributed by atoms with Gasteiger partial charge in [0.2, 0.25) is 5.91 Å². The van der Waals surface area contributed by atoms with Crippen molar-refractivity contribution in [2.45, 2.75) is 31.5 Å². The number of nitrogens with one attached hydrogen (secondary N) is 1. The Balaban J connectivity index is 1.48. The highest BCUT2D eigenvalue weighted by molar-refractivity contribution is 7.99. The van der Waals surface area contributed by atoms with Crippen molar-refractivity contribution >= 4 is 17.7 Å². The summed E-state index contributed by atoms with van der Waals surface area (Å²) in [4.78, 5) is 16.1. The molecule has 4 rings (SSSR count). The van der Waals surface area contributed by atoms with Crippen molar-refractivity contribution in [1.29, 1.82) is 0 Å². The summed E-state index contributed by atoms with van der Waals surface area (Å²) in [7, 11) is 0. The molecule has 1 N–H and O–H groups in total. The number of para-hydroxylation sites is 1. The number of nitrogens with zero attached hydrogens (tertiary/aromatic N) is 4. The first-order chi connectivity index (χ1) is 14.2. The number of hydrogen-bond acceptors (Lipinski definition) is 5. The number of carbonyl (C=O) groups excluding carboxylic acids is 1. The Labute approximate surface area is 176 Å². The largest absolute Gasteiger partial charge is 0.370 e. The van der Waals surface area contributed by atoms with Gasteiger partial charge in [-0.1, -0.05) is 36.9 Å². The molecule has 7 nitrogen and oxygen atoms in total. The maximum absolute atomic E-state index is 12.7. The van der Waals surface area contributed by atoms with Gasteiger partial charge in [0.05, 0.1) is 19.0 Å². The van der Waals surface area contributed by atoms with Gasteiger partial charge in [-0.2, -0.15) is 0 Å². The van der Waals surface area contributed by atoms with Crippen LogP contribution in [0.4, 0.5) is 0 Å². The van der Waals surface area contributed by atoms with E-state index in [-0.39, 0.29) is 5.91 Å². The molecule has 2 saturated heterocycles. The zero-order chi connectivity index (χ0) is 20.1. The summed E-state index contributed by atoms with van der Waals surface area (Å²) in [6.45, 7) is 8.36. The second-order valence-corrected chi connectivity index (χ2v) is 8.90. The molecule has 1 aromatic heterocycles. The number of benzene rings is 1. The monoisotopic (exact) mass is 416 g/mol. The second-order valence-electron chi connectivity index (χ2n) is 7.96. The van der Waals surface area contributed by atoms with E-state index in [0.29, 0.717) is 5.75 Å². The Bertz CT molecular complexity index is 799. The van der Waals surface area contributed by atoms with Gasteiger partial charge >= 0.3 is 0 Å². The van der Waals surface area contributed by atoms with Crippen LogP contribution in [-0.4, -0.2) is 70.7 Å². The summed E-state index contributed by atoms with van der Waals surface area (Å²) in [5, 5.41) is 9.73. The lowest BCUT2D eigenvalue weighted by molar-refractivity contribution is -0.922. The fraction of sp³-hybridized carbons (Fsp3) is 0.571. The molecule has 2 aliphatic rings. The SMILES string of the molecule is CC1CCN(C(=O)CSc2nnc(C[NH+]3CCOCC3)n2-c2ccccc2)CC1. The number of morpholine rings is 1. The van der Waals surface area contributed by atoms with Crippen LogP contribution < -0.4 is 4.90 Å². The zero-order valence-electron chi connectivity index (χ0n) is 17.0. The van der Waals surface area contributed by atoms with Crippen LogP contribution in [0.15, 0.2) is 35.5 Å². The molecule has 2 aliphatic heterocycles. The molecule has 0 unspecified atom stereocenters. The van der Waals surface area contributed by atoms with Crippen LogP contribution in [0, 0.1) is 5.92 Å². The Morgan fingerprint density at radius 3 is 2.62 bits per heavy atom. The lowest BCUT2D eigenvalue weighted by Gasteiger charge is -2.30. The number of rotatable bonds is 6. The first-order valence-electron chi connectivity index (χ1n) is 10.5. The summed E-state index contributed by atoms with van der Waals surface area (Å²) in [5.41, 5.74) is 1.04. The standard InChI is InChI=1S/C21H29N5O2S/c1-17-7-9-25(10-8-17)20(27)16-29-21-23-22-19(15-24-11-13-28-14-12-24)26(21)18-5-3-2-4-6-18/h2-6,17H,7-16H2,1H3/p+1. The first-order valence-corrected chi connectivity index (χ1v) is 11.5. The van der Waals surface area contributed by atoms with Gasteiger partial charge in [-0.05, 0) is 30.9 Å². The molecule has 29 heavy (non-hydrogen) atoms. The summed E-state index contributed by atoms with van der Waals surface area (Å²) in [6.07, 6.45) is 2.20. The van der Waals surface area contributed by atoms with Crippen LogP contribution in [-0.2, 0) is 16.1 Å². The van der Waals surface area contributed by atoms with Crippen molar-refractivity contribution in [3.63, 3.8) is 0 Å². The maximum atomic E-state index is 12.7. The predicted octanol–water partition coefficient (Wildman–Crippen LogP) is 1.03.